The fourth-order valence-corrected chi connectivity index (χ4v) is 2.14. The quantitative estimate of drug-likeness (QED) is 0.671. The zero-order valence-electron chi connectivity index (χ0n) is 8.17. The number of nitrogens with one attached hydrogen (secondary N) is 1. The van der Waals surface area contributed by atoms with Gasteiger partial charge in [-0.05, 0) is 0 Å². The van der Waals surface area contributed by atoms with E-state index in [1.807, 2.05) is 30.3 Å². The summed E-state index contributed by atoms with van der Waals surface area (Å²) in [4.78, 5) is 11.4. The molecule has 0 aliphatic heterocycles. The Morgan fingerprint density at radius 1 is 1.47 bits per heavy atom. The fraction of sp³-hybridized carbons (Fsp3) is 0.222. The first-order valence-corrected chi connectivity index (χ1v) is 8.09. The average molecular weight is 291 g/mol. The molecule has 1 amide bonds. The molecule has 0 spiro atoms. The van der Waals surface area contributed by atoms with Crippen molar-refractivity contribution in [3.8, 4) is 0 Å². The third kappa shape index (κ3) is 4.63. The zero-order valence-corrected chi connectivity index (χ0v) is 10.8. The second kappa shape index (κ2) is 5.47. The van der Waals surface area contributed by atoms with Crippen molar-refractivity contribution in [1.29, 1.82) is 0 Å². The molecule has 0 aromatic heterocycles. The van der Waals surface area contributed by atoms with Crippen molar-refractivity contribution in [3.05, 3.63) is 35.9 Å². The van der Waals surface area contributed by atoms with Crippen molar-refractivity contribution in [1.82, 2.24) is 5.09 Å². The van der Waals surface area contributed by atoms with Crippen molar-refractivity contribution >= 4 is 27.7 Å². The molecule has 1 aromatic carbocycles. The summed E-state index contributed by atoms with van der Waals surface area (Å²) in [7, 11) is 1.28. The van der Waals surface area contributed by atoms with Crippen LogP contribution in [0.25, 0.3) is 0 Å². The normalized spacial score (nSPS) is 14.3. The predicted octanol–water partition coefficient (Wildman–Crippen LogP) is 1.27. The Bertz CT molecular complexity index is 382. The van der Waals surface area contributed by atoms with Crippen LogP contribution in [0.4, 0.5) is 0 Å². The Kier molecular flexibility index (Phi) is 4.55. The fourth-order valence-electron chi connectivity index (χ4n) is 1.02. The molecule has 0 aliphatic rings. The molecule has 0 bridgehead atoms. The Morgan fingerprint density at radius 3 is 2.60 bits per heavy atom. The van der Waals surface area contributed by atoms with Crippen LogP contribution in [0.1, 0.15) is 5.56 Å². The van der Waals surface area contributed by atoms with Gasteiger partial charge in [0, 0.05) is 0 Å². The summed E-state index contributed by atoms with van der Waals surface area (Å²) in [6.45, 7) is 0. The first-order valence-electron chi connectivity index (χ1n) is 4.25. The van der Waals surface area contributed by atoms with E-state index in [4.69, 9.17) is 0 Å². The van der Waals surface area contributed by atoms with Crippen LogP contribution in [-0.4, -0.2) is 28.6 Å². The molecule has 0 saturated heterocycles. The van der Waals surface area contributed by atoms with Crippen LogP contribution >= 0.6 is 6.21 Å². The van der Waals surface area contributed by atoms with Crippen LogP contribution in [-0.2, 0) is 20.3 Å². The second-order valence-corrected chi connectivity index (χ2v) is 7.49. The number of carbonyl (C=O) groups excluding carboxylic acids is 1. The molecule has 1 unspecified atom stereocenters. The maximum absolute atomic E-state index is 11.4. The maximum atomic E-state index is 11.4. The van der Waals surface area contributed by atoms with Crippen molar-refractivity contribution in [2.24, 2.45) is 0 Å². The van der Waals surface area contributed by atoms with Crippen molar-refractivity contribution in [2.45, 2.75) is 6.42 Å². The van der Waals surface area contributed by atoms with Gasteiger partial charge in [0.15, 0.2) is 0 Å². The van der Waals surface area contributed by atoms with Crippen molar-refractivity contribution < 1.29 is 13.9 Å². The number of hydrogen-bond donors (Lipinski definition) is 1. The van der Waals surface area contributed by atoms with Gasteiger partial charge in [0.25, 0.3) is 0 Å². The molecule has 0 fully saturated rings. The summed E-state index contributed by atoms with van der Waals surface area (Å²) < 4.78 is 16.0. The summed E-state index contributed by atoms with van der Waals surface area (Å²) >= 11 is 2.32. The van der Waals surface area contributed by atoms with Crippen LogP contribution in [0.2, 0.25) is 0 Å². The van der Waals surface area contributed by atoms with Gasteiger partial charge in [-0.2, -0.15) is 0 Å². The van der Waals surface area contributed by atoms with Gasteiger partial charge in [-0.25, -0.2) is 0 Å². The summed E-state index contributed by atoms with van der Waals surface area (Å²) in [5, 5.41) is 2.29. The van der Waals surface area contributed by atoms with Crippen LogP contribution in [0.5, 0.6) is 0 Å². The van der Waals surface area contributed by atoms with Crippen molar-refractivity contribution in [2.75, 3.05) is 7.11 Å². The molecule has 1 atom stereocenters. The molecule has 4 nitrogen and oxygen atoms in total. The van der Waals surface area contributed by atoms with E-state index in [1.54, 1.807) is 0 Å². The van der Waals surface area contributed by atoms with Crippen LogP contribution in [0.15, 0.2) is 30.3 Å². The van der Waals surface area contributed by atoms with E-state index in [1.165, 1.54) is 7.11 Å². The van der Waals surface area contributed by atoms with Gasteiger partial charge >= 0.3 is 96.1 Å². The third-order valence-electron chi connectivity index (χ3n) is 1.71. The predicted molar refractivity (Wildman–Crippen MR) is 58.7 cm³/mol. The first-order chi connectivity index (χ1) is 7.03. The van der Waals surface area contributed by atoms with E-state index in [0.29, 0.717) is 0 Å². The first kappa shape index (κ1) is 12.5. The molecule has 0 aliphatic carbocycles. The number of rotatable bonds is 4. The monoisotopic (exact) mass is 292 g/mol. The molecule has 0 saturated carbocycles. The topological polar surface area (TPSA) is 55.4 Å². The summed E-state index contributed by atoms with van der Waals surface area (Å²) in [5.74, 6) is -0.329. The Balaban J connectivity index is 2.54. The summed E-state index contributed by atoms with van der Waals surface area (Å²) in [6.07, 6.45) is -2.90. The van der Waals surface area contributed by atoms with Gasteiger partial charge < -0.3 is 0 Å². The molecular weight excluding hydrogens is 280 g/mol. The number of carbonyl (C=O) groups is 1. The van der Waals surface area contributed by atoms with Crippen LogP contribution in [0, 0.1) is 0 Å². The summed E-state index contributed by atoms with van der Waals surface area (Å²) in [6, 6.07) is 9.22. The Morgan fingerprint density at radius 2 is 2.07 bits per heavy atom. The molecule has 1 rings (SSSR count). The zero-order chi connectivity index (χ0) is 11.3. The van der Waals surface area contributed by atoms with E-state index in [0.717, 1.165) is 5.56 Å². The van der Waals surface area contributed by atoms with Gasteiger partial charge in [-0.1, -0.05) is 0 Å². The SMILES string of the molecule is COP(=O)([Se])NC(=O)Cc1ccccc1. The minimum absolute atomic E-state index is 0.190. The number of amides is 1. The molecule has 1 aromatic rings. The summed E-state index contributed by atoms with van der Waals surface area (Å²) in [5.41, 5.74) is 0.867. The van der Waals surface area contributed by atoms with E-state index in [-0.39, 0.29) is 12.3 Å². The van der Waals surface area contributed by atoms with E-state index in [2.05, 4.69) is 25.2 Å². The molecule has 1 radical (unpaired) electrons. The Hall–Kier alpha value is -0.601. The van der Waals surface area contributed by atoms with Gasteiger partial charge in [-0.15, -0.1) is 0 Å². The number of benzene rings is 1. The minimum atomic E-state index is -3.09. The molecule has 6 heteroatoms. The van der Waals surface area contributed by atoms with Crippen LogP contribution < -0.4 is 5.09 Å². The standard InChI is InChI=1S/C9H11NO3PSe/c1-13-14(12,15)10-9(11)7-8-5-3-2-4-6-8/h2-6H,7H2,1H3,(H,10,11,12). The van der Waals surface area contributed by atoms with Gasteiger partial charge in [0.2, 0.25) is 0 Å². The van der Waals surface area contributed by atoms with Gasteiger partial charge in [0.05, 0.1) is 0 Å². The molecule has 1 N–H and O–H groups in total. The van der Waals surface area contributed by atoms with Crippen LogP contribution in [0.3, 0.4) is 0 Å². The molecule has 0 heterocycles. The van der Waals surface area contributed by atoms with Crippen molar-refractivity contribution in [3.63, 3.8) is 0 Å². The Labute approximate surface area is 96.3 Å². The molecule has 15 heavy (non-hydrogen) atoms. The van der Waals surface area contributed by atoms with E-state index in [9.17, 15) is 9.36 Å². The van der Waals surface area contributed by atoms with Gasteiger partial charge in [-0.3, -0.25) is 0 Å². The van der Waals surface area contributed by atoms with E-state index >= 15 is 0 Å². The molecular formula is C9H11NO3PSe. The number of hydrogen-bond acceptors (Lipinski definition) is 3. The second-order valence-electron chi connectivity index (χ2n) is 2.88. The third-order valence-corrected chi connectivity index (χ3v) is 4.23. The van der Waals surface area contributed by atoms with E-state index < -0.39 is 6.21 Å². The average Bonchev–Trinajstić information content (AvgIpc) is 2.18. The molecule has 81 valence electrons. The van der Waals surface area contributed by atoms with Gasteiger partial charge in [0.1, 0.15) is 0 Å².